The Labute approximate surface area is 163 Å². The monoisotopic (exact) mass is 389 g/mol. The quantitative estimate of drug-likeness (QED) is 0.850. The molecule has 0 bridgehead atoms. The summed E-state index contributed by atoms with van der Waals surface area (Å²) < 4.78 is 32.1. The lowest BCUT2D eigenvalue weighted by atomic mass is 9.97. The number of benzene rings is 1. The zero-order valence-electron chi connectivity index (χ0n) is 16.6. The molecule has 7 heteroatoms. The maximum absolute atomic E-state index is 13.8. The van der Waals surface area contributed by atoms with Gasteiger partial charge in [0.1, 0.15) is 11.6 Å². The van der Waals surface area contributed by atoms with Crippen molar-refractivity contribution in [1.29, 1.82) is 0 Å². The summed E-state index contributed by atoms with van der Waals surface area (Å²) >= 11 is 0. The summed E-state index contributed by atoms with van der Waals surface area (Å²) in [5.41, 5.74) is 3.15. The van der Waals surface area contributed by atoms with Crippen LogP contribution < -0.4 is 10.1 Å². The van der Waals surface area contributed by atoms with E-state index in [1.54, 1.807) is 7.11 Å². The van der Waals surface area contributed by atoms with Crippen molar-refractivity contribution >= 4 is 5.91 Å². The lowest BCUT2D eigenvalue weighted by Gasteiger charge is -2.27. The predicted molar refractivity (Wildman–Crippen MR) is 102 cm³/mol. The number of pyridine rings is 1. The van der Waals surface area contributed by atoms with Crippen molar-refractivity contribution in [2.24, 2.45) is 0 Å². The first-order valence-corrected chi connectivity index (χ1v) is 9.31. The number of hydrogen-bond acceptors (Lipinski definition) is 4. The van der Waals surface area contributed by atoms with Gasteiger partial charge in [0.2, 0.25) is 0 Å². The van der Waals surface area contributed by atoms with Crippen molar-refractivity contribution < 1.29 is 18.3 Å². The molecule has 2 heterocycles. The Bertz CT molecular complexity index is 888. The molecule has 0 spiro atoms. The number of aromatic nitrogens is 1. The van der Waals surface area contributed by atoms with Gasteiger partial charge in [-0.2, -0.15) is 0 Å². The summed E-state index contributed by atoms with van der Waals surface area (Å²) in [4.78, 5) is 18.1. The first-order valence-electron chi connectivity index (χ1n) is 9.31. The number of rotatable bonds is 5. The van der Waals surface area contributed by atoms with Gasteiger partial charge >= 0.3 is 0 Å². The summed E-state index contributed by atoms with van der Waals surface area (Å²) in [7, 11) is 1.66. The van der Waals surface area contributed by atoms with Crippen LogP contribution in [0.1, 0.15) is 46.6 Å². The minimum atomic E-state index is -0.954. The van der Waals surface area contributed by atoms with Crippen LogP contribution in [0.2, 0.25) is 0 Å². The number of likely N-dealkylation sites (tertiary alicyclic amines) is 1. The molecule has 1 fully saturated rings. The highest BCUT2D eigenvalue weighted by Crippen LogP contribution is 2.32. The maximum atomic E-state index is 13.8. The van der Waals surface area contributed by atoms with Gasteiger partial charge in [-0.1, -0.05) is 6.07 Å². The van der Waals surface area contributed by atoms with E-state index in [1.807, 2.05) is 13.0 Å². The zero-order valence-corrected chi connectivity index (χ0v) is 16.6. The highest BCUT2D eigenvalue weighted by atomic mass is 19.1. The Kier molecular flexibility index (Phi) is 5.93. The van der Waals surface area contributed by atoms with Crippen LogP contribution in [-0.4, -0.2) is 42.0 Å². The molecule has 1 aromatic carbocycles. The Morgan fingerprint density at radius 2 is 2.07 bits per heavy atom. The third kappa shape index (κ3) is 3.99. The van der Waals surface area contributed by atoms with Crippen molar-refractivity contribution in [3.8, 4) is 5.75 Å². The maximum Gasteiger partial charge on any atom is 0.273 e. The number of ether oxygens (including phenoxy) is 1. The van der Waals surface area contributed by atoms with Gasteiger partial charge in [-0.15, -0.1) is 0 Å². The molecule has 3 rings (SSSR count). The van der Waals surface area contributed by atoms with Crippen molar-refractivity contribution in [3.05, 3.63) is 58.4 Å². The molecule has 2 aromatic rings. The van der Waals surface area contributed by atoms with Crippen molar-refractivity contribution in [3.63, 3.8) is 0 Å². The average Bonchev–Trinajstić information content (AvgIpc) is 3.11. The molecule has 0 aliphatic carbocycles. The lowest BCUT2D eigenvalue weighted by molar-refractivity contribution is 0.0926. The topological polar surface area (TPSA) is 54.5 Å². The van der Waals surface area contributed by atoms with E-state index in [-0.39, 0.29) is 17.8 Å². The Morgan fingerprint density at radius 1 is 1.32 bits per heavy atom. The highest BCUT2D eigenvalue weighted by molar-refractivity contribution is 5.92. The third-order valence-corrected chi connectivity index (χ3v) is 5.57. The Morgan fingerprint density at radius 3 is 2.75 bits per heavy atom. The van der Waals surface area contributed by atoms with E-state index in [1.165, 1.54) is 11.1 Å². The molecule has 0 radical (unpaired) electrons. The van der Waals surface area contributed by atoms with Crippen LogP contribution in [0.3, 0.4) is 0 Å². The van der Waals surface area contributed by atoms with E-state index < -0.39 is 17.5 Å². The number of carbonyl (C=O) groups is 1. The summed E-state index contributed by atoms with van der Waals surface area (Å²) in [5, 5.41) is 2.81. The van der Waals surface area contributed by atoms with E-state index >= 15 is 0 Å². The standard InChI is InChI=1S/C21H25F2N3O2/c1-12-13(2)19(28-4)6-5-17(12)14(3)26-8-7-16(11-26)25-21(27)20-18(23)9-15(22)10-24-20/h5-6,9-10,14,16H,7-8,11H2,1-4H3,(H,25,27)/t14?,16-/m1/s1. The summed E-state index contributed by atoms with van der Waals surface area (Å²) in [6.07, 6.45) is 1.60. The second-order valence-electron chi connectivity index (χ2n) is 7.22. The van der Waals surface area contributed by atoms with Gasteiger partial charge in [0.25, 0.3) is 5.91 Å². The summed E-state index contributed by atoms with van der Waals surface area (Å²) in [6.45, 7) is 7.74. The van der Waals surface area contributed by atoms with Crippen LogP contribution in [0.25, 0.3) is 0 Å². The number of nitrogens with zero attached hydrogens (tertiary/aromatic N) is 2. The first kappa shape index (κ1) is 20.2. The molecule has 1 aliphatic heterocycles. The number of hydrogen-bond donors (Lipinski definition) is 1. The molecule has 28 heavy (non-hydrogen) atoms. The highest BCUT2D eigenvalue weighted by Gasteiger charge is 2.29. The van der Waals surface area contributed by atoms with Crippen molar-refractivity contribution in [2.75, 3.05) is 20.2 Å². The van der Waals surface area contributed by atoms with Gasteiger partial charge in [0.15, 0.2) is 11.5 Å². The molecular formula is C21H25F2N3O2. The lowest BCUT2D eigenvalue weighted by Crippen LogP contribution is -2.38. The van der Waals surface area contributed by atoms with E-state index in [4.69, 9.17) is 4.74 Å². The molecule has 1 aliphatic rings. The van der Waals surface area contributed by atoms with Gasteiger partial charge < -0.3 is 10.1 Å². The van der Waals surface area contributed by atoms with E-state index in [0.717, 1.165) is 30.5 Å². The fourth-order valence-electron chi connectivity index (χ4n) is 3.78. The molecule has 1 aromatic heterocycles. The Balaban J connectivity index is 1.66. The van der Waals surface area contributed by atoms with Gasteiger partial charge in [-0.05, 0) is 49.9 Å². The van der Waals surface area contributed by atoms with E-state index in [9.17, 15) is 13.6 Å². The normalized spacial score (nSPS) is 18.1. The molecule has 2 atom stereocenters. The molecule has 0 saturated carbocycles. The third-order valence-electron chi connectivity index (χ3n) is 5.57. The minimum Gasteiger partial charge on any atom is -0.496 e. The number of amides is 1. The summed E-state index contributed by atoms with van der Waals surface area (Å²) in [5.74, 6) is -1.51. The second kappa shape index (κ2) is 8.22. The van der Waals surface area contributed by atoms with Crippen LogP contribution in [0, 0.1) is 25.5 Å². The molecule has 1 amide bonds. The number of halogens is 2. The van der Waals surface area contributed by atoms with Crippen LogP contribution in [0.5, 0.6) is 5.75 Å². The minimum absolute atomic E-state index is 0.110. The van der Waals surface area contributed by atoms with Gasteiger partial charge in [-0.3, -0.25) is 9.69 Å². The van der Waals surface area contributed by atoms with Crippen LogP contribution in [-0.2, 0) is 0 Å². The fraction of sp³-hybridized carbons (Fsp3) is 0.429. The largest absolute Gasteiger partial charge is 0.496 e. The number of nitrogens with one attached hydrogen (secondary N) is 1. The van der Waals surface area contributed by atoms with Crippen LogP contribution in [0.4, 0.5) is 8.78 Å². The Hall–Kier alpha value is -2.54. The molecule has 5 nitrogen and oxygen atoms in total. The average molecular weight is 389 g/mol. The van der Waals surface area contributed by atoms with E-state index in [2.05, 4.69) is 35.1 Å². The van der Waals surface area contributed by atoms with Crippen molar-refractivity contribution in [2.45, 2.75) is 39.3 Å². The molecular weight excluding hydrogens is 364 g/mol. The zero-order chi connectivity index (χ0) is 20.4. The van der Waals surface area contributed by atoms with Crippen molar-refractivity contribution in [1.82, 2.24) is 15.2 Å². The SMILES string of the molecule is COc1ccc(C(C)N2CC[C@@H](NC(=O)c3ncc(F)cc3F)C2)c(C)c1C. The van der Waals surface area contributed by atoms with Gasteiger partial charge in [0, 0.05) is 31.2 Å². The molecule has 1 unspecified atom stereocenters. The second-order valence-corrected chi connectivity index (χ2v) is 7.22. The van der Waals surface area contributed by atoms with Gasteiger partial charge in [-0.25, -0.2) is 13.8 Å². The summed E-state index contributed by atoms with van der Waals surface area (Å²) in [6, 6.07) is 4.79. The van der Waals surface area contributed by atoms with Crippen LogP contribution >= 0.6 is 0 Å². The van der Waals surface area contributed by atoms with Crippen LogP contribution in [0.15, 0.2) is 24.4 Å². The first-order chi connectivity index (χ1) is 13.3. The predicted octanol–water partition coefficient (Wildman–Crippen LogP) is 3.55. The van der Waals surface area contributed by atoms with Gasteiger partial charge in [0.05, 0.1) is 13.3 Å². The number of methoxy groups -OCH3 is 1. The molecule has 1 saturated heterocycles. The van der Waals surface area contributed by atoms with E-state index in [0.29, 0.717) is 12.6 Å². The number of carbonyl (C=O) groups excluding carboxylic acids is 1. The fourth-order valence-corrected chi connectivity index (χ4v) is 3.78. The molecule has 1 N–H and O–H groups in total. The molecule has 150 valence electrons. The smallest absolute Gasteiger partial charge is 0.273 e.